The van der Waals surface area contributed by atoms with Crippen LogP contribution in [0.5, 0.6) is 23.3 Å². The van der Waals surface area contributed by atoms with Crippen molar-refractivity contribution in [2.24, 2.45) is 0 Å². The number of carbonyl (C=O) groups is 1. The number of methoxy groups -OCH3 is 2. The van der Waals surface area contributed by atoms with Crippen LogP contribution in [0.4, 0.5) is 0 Å². The molecule has 0 amide bonds. The number of hydrogen-bond acceptors (Lipinski definition) is 5. The Bertz CT molecular complexity index is 977. The largest absolute Gasteiger partial charge is 0.496 e. The number of hydrogen-bond donors (Lipinski definition) is 1. The molecule has 0 bridgehead atoms. The normalized spacial score (nSPS) is 10.6. The molecule has 1 N–H and O–H groups in total. The molecule has 1 heterocycles. The van der Waals surface area contributed by atoms with Gasteiger partial charge >= 0.3 is 5.97 Å². The van der Waals surface area contributed by atoms with Crippen molar-refractivity contribution in [3.63, 3.8) is 0 Å². The van der Waals surface area contributed by atoms with Crippen LogP contribution in [0.15, 0.2) is 60.7 Å². The monoisotopic (exact) mass is 377 g/mol. The van der Waals surface area contributed by atoms with Gasteiger partial charge in [0.2, 0.25) is 11.8 Å². The number of rotatable bonds is 7. The van der Waals surface area contributed by atoms with E-state index in [1.165, 1.54) is 14.2 Å². The smallest absolute Gasteiger partial charge is 0.340 e. The number of aromatic carboxylic acids is 1. The lowest BCUT2D eigenvalue weighted by Crippen LogP contribution is -2.04. The van der Waals surface area contributed by atoms with E-state index in [9.17, 15) is 9.90 Å². The van der Waals surface area contributed by atoms with Gasteiger partial charge in [0.15, 0.2) is 0 Å². The third-order valence-corrected chi connectivity index (χ3v) is 3.94. The van der Waals surface area contributed by atoms with E-state index >= 15 is 0 Å². The van der Waals surface area contributed by atoms with Crippen LogP contribution in [0.2, 0.25) is 0 Å². The lowest BCUT2D eigenvalue weighted by molar-refractivity contribution is 0.0694. The molecule has 6 heteroatoms. The lowest BCUT2D eigenvalue weighted by Gasteiger charge is -2.12. The van der Waals surface area contributed by atoms with Crippen LogP contribution in [0.25, 0.3) is 12.2 Å². The molecule has 0 radical (unpaired) electrons. The molecular weight excluding hydrogens is 358 g/mol. The molecule has 2 aromatic carbocycles. The summed E-state index contributed by atoms with van der Waals surface area (Å²) in [5.41, 5.74) is 1.52. The predicted octanol–water partition coefficient (Wildman–Crippen LogP) is 4.76. The average molecular weight is 377 g/mol. The molecule has 28 heavy (non-hydrogen) atoms. The second-order valence-corrected chi connectivity index (χ2v) is 5.76. The number of nitrogens with zero attached hydrogens (tertiary/aromatic N) is 1. The molecule has 1 aromatic heterocycles. The highest BCUT2D eigenvalue weighted by Crippen LogP contribution is 2.31. The second kappa shape index (κ2) is 8.73. The van der Waals surface area contributed by atoms with Gasteiger partial charge in [0.1, 0.15) is 17.1 Å². The lowest BCUT2D eigenvalue weighted by atomic mass is 10.0. The van der Waals surface area contributed by atoms with Crippen LogP contribution in [-0.4, -0.2) is 30.3 Å². The fourth-order valence-electron chi connectivity index (χ4n) is 2.60. The van der Waals surface area contributed by atoms with Crippen molar-refractivity contribution in [1.82, 2.24) is 4.98 Å². The number of carboxylic acid groups (broad SMARTS) is 1. The summed E-state index contributed by atoms with van der Waals surface area (Å²) in [6.07, 6.45) is 3.59. The number of carboxylic acids is 1. The zero-order valence-corrected chi connectivity index (χ0v) is 15.5. The summed E-state index contributed by atoms with van der Waals surface area (Å²) < 4.78 is 16.1. The number of ether oxygens (including phenoxy) is 3. The van der Waals surface area contributed by atoms with Gasteiger partial charge in [0.05, 0.1) is 14.2 Å². The highest BCUT2D eigenvalue weighted by Gasteiger charge is 2.17. The van der Waals surface area contributed by atoms with Gasteiger partial charge in [0.25, 0.3) is 0 Å². The van der Waals surface area contributed by atoms with E-state index < -0.39 is 5.97 Å². The predicted molar refractivity (Wildman–Crippen MR) is 106 cm³/mol. The summed E-state index contributed by atoms with van der Waals surface area (Å²) in [6, 6.07) is 17.8. The van der Waals surface area contributed by atoms with Gasteiger partial charge < -0.3 is 19.3 Å². The number of pyridine rings is 1. The molecule has 3 rings (SSSR count). The maximum atomic E-state index is 11.9. The van der Waals surface area contributed by atoms with Crippen molar-refractivity contribution in [3.8, 4) is 23.3 Å². The minimum absolute atomic E-state index is 0.0401. The van der Waals surface area contributed by atoms with Gasteiger partial charge in [-0.05, 0) is 17.2 Å². The first-order valence-electron chi connectivity index (χ1n) is 8.48. The van der Waals surface area contributed by atoms with E-state index in [0.29, 0.717) is 17.2 Å². The molecule has 0 atom stereocenters. The van der Waals surface area contributed by atoms with E-state index in [2.05, 4.69) is 4.98 Å². The Balaban J connectivity index is 1.98. The Morgan fingerprint density at radius 3 is 2.36 bits per heavy atom. The van der Waals surface area contributed by atoms with Gasteiger partial charge in [-0.1, -0.05) is 54.6 Å². The Kier molecular flexibility index (Phi) is 5.91. The number of aromatic nitrogens is 1. The van der Waals surface area contributed by atoms with E-state index in [-0.39, 0.29) is 17.2 Å². The van der Waals surface area contributed by atoms with E-state index in [1.807, 2.05) is 36.4 Å². The highest BCUT2D eigenvalue weighted by atomic mass is 16.5. The fraction of sp³-hybridized carbons (Fsp3) is 0.0909. The van der Waals surface area contributed by atoms with Gasteiger partial charge in [-0.15, -0.1) is 0 Å². The SMILES string of the molecule is COc1cc(OC)nc(Oc2cccc(C=Cc3ccccc3)c2C(=O)O)c1. The van der Waals surface area contributed by atoms with Crippen LogP contribution >= 0.6 is 0 Å². The average Bonchev–Trinajstić information content (AvgIpc) is 2.72. The molecule has 0 aliphatic carbocycles. The van der Waals surface area contributed by atoms with Crippen LogP contribution in [0, 0.1) is 0 Å². The molecule has 142 valence electrons. The van der Waals surface area contributed by atoms with Crippen molar-refractivity contribution >= 4 is 18.1 Å². The van der Waals surface area contributed by atoms with Crippen molar-refractivity contribution < 1.29 is 24.1 Å². The second-order valence-electron chi connectivity index (χ2n) is 5.76. The minimum atomic E-state index is -1.10. The van der Waals surface area contributed by atoms with Gasteiger partial charge in [0, 0.05) is 12.1 Å². The van der Waals surface area contributed by atoms with Crippen LogP contribution in [0.1, 0.15) is 21.5 Å². The first-order valence-corrected chi connectivity index (χ1v) is 8.48. The molecule has 0 saturated carbocycles. The van der Waals surface area contributed by atoms with Crippen LogP contribution in [0.3, 0.4) is 0 Å². The molecule has 3 aromatic rings. The van der Waals surface area contributed by atoms with Crippen molar-refractivity contribution in [2.75, 3.05) is 14.2 Å². The summed E-state index contributed by atoms with van der Waals surface area (Å²) in [7, 11) is 2.99. The molecule has 0 unspecified atom stereocenters. The molecule has 0 aliphatic rings. The topological polar surface area (TPSA) is 77.9 Å². The van der Waals surface area contributed by atoms with Gasteiger partial charge in [-0.3, -0.25) is 0 Å². The third-order valence-electron chi connectivity index (χ3n) is 3.94. The quantitative estimate of drug-likeness (QED) is 0.598. The third kappa shape index (κ3) is 4.48. The molecule has 0 aliphatic heterocycles. The summed E-state index contributed by atoms with van der Waals surface area (Å²) in [5.74, 6) is 0.0248. The molecule has 6 nitrogen and oxygen atoms in total. The molecule has 0 spiro atoms. The molecule has 0 saturated heterocycles. The van der Waals surface area contributed by atoms with Crippen LogP contribution < -0.4 is 14.2 Å². The van der Waals surface area contributed by atoms with Crippen LogP contribution in [-0.2, 0) is 0 Å². The Morgan fingerprint density at radius 1 is 0.929 bits per heavy atom. The fourth-order valence-corrected chi connectivity index (χ4v) is 2.60. The first kappa shape index (κ1) is 19.0. The summed E-state index contributed by atoms with van der Waals surface area (Å²) >= 11 is 0. The summed E-state index contributed by atoms with van der Waals surface area (Å²) in [5, 5.41) is 9.74. The highest BCUT2D eigenvalue weighted by molar-refractivity contribution is 5.96. The van der Waals surface area contributed by atoms with Gasteiger partial charge in [-0.25, -0.2) is 4.79 Å². The Labute approximate surface area is 162 Å². The first-order chi connectivity index (χ1) is 13.6. The van der Waals surface area contributed by atoms with Gasteiger partial charge in [-0.2, -0.15) is 4.98 Å². The Morgan fingerprint density at radius 2 is 1.68 bits per heavy atom. The van der Waals surface area contributed by atoms with E-state index in [1.54, 1.807) is 36.4 Å². The van der Waals surface area contributed by atoms with Crippen molar-refractivity contribution in [1.29, 1.82) is 0 Å². The van der Waals surface area contributed by atoms with Crippen molar-refractivity contribution in [2.45, 2.75) is 0 Å². The zero-order valence-electron chi connectivity index (χ0n) is 15.5. The van der Waals surface area contributed by atoms with E-state index in [0.717, 1.165) is 5.56 Å². The van der Waals surface area contributed by atoms with E-state index in [4.69, 9.17) is 14.2 Å². The maximum Gasteiger partial charge on any atom is 0.340 e. The minimum Gasteiger partial charge on any atom is -0.496 e. The summed E-state index contributed by atoms with van der Waals surface area (Å²) in [6.45, 7) is 0. The summed E-state index contributed by atoms with van der Waals surface area (Å²) in [4.78, 5) is 16.1. The maximum absolute atomic E-state index is 11.9. The molecule has 0 fully saturated rings. The Hall–Kier alpha value is -3.80. The molecular formula is C22H19NO5. The van der Waals surface area contributed by atoms with Crippen molar-refractivity contribution in [3.05, 3.63) is 77.4 Å². The number of benzene rings is 2. The zero-order chi connectivity index (χ0) is 19.9. The standard InChI is InChI=1S/C22H19NO5/c1-26-17-13-19(27-2)23-20(14-17)28-18-10-6-9-16(21(18)22(24)25)12-11-15-7-4-3-5-8-15/h3-14H,1-2H3,(H,24,25).